The molecular formula is C13H27NaO4S. The minimum Gasteiger partial charge on any atom is -0.748 e. The van der Waals surface area contributed by atoms with Gasteiger partial charge in [-0.15, -0.1) is 0 Å². The van der Waals surface area contributed by atoms with Crippen molar-refractivity contribution in [2.75, 3.05) is 6.61 Å². The molecule has 0 saturated heterocycles. The van der Waals surface area contributed by atoms with Gasteiger partial charge in [0.15, 0.2) is 0 Å². The van der Waals surface area contributed by atoms with Crippen molar-refractivity contribution in [3.8, 4) is 0 Å². The van der Waals surface area contributed by atoms with E-state index < -0.39 is 15.4 Å². The third-order valence-corrected chi connectivity index (χ3v) is 4.51. The minimum atomic E-state index is -4.13. The van der Waals surface area contributed by atoms with Crippen LogP contribution < -0.4 is 29.6 Å². The average molecular weight is 302 g/mol. The van der Waals surface area contributed by atoms with Gasteiger partial charge in [0, 0.05) is 11.9 Å². The quantitative estimate of drug-likeness (QED) is 0.308. The maximum Gasteiger partial charge on any atom is 1.00 e. The minimum absolute atomic E-state index is 0. The van der Waals surface area contributed by atoms with Crippen molar-refractivity contribution in [1.29, 1.82) is 0 Å². The summed E-state index contributed by atoms with van der Waals surface area (Å²) in [4.78, 5) is 0. The molecule has 110 valence electrons. The zero-order valence-electron chi connectivity index (χ0n) is 12.4. The third-order valence-electron chi connectivity index (χ3n) is 3.22. The number of aliphatic hydroxyl groups is 1. The van der Waals surface area contributed by atoms with Gasteiger partial charge in [-0.1, -0.05) is 51.9 Å². The van der Waals surface area contributed by atoms with Gasteiger partial charge in [-0.25, -0.2) is 8.42 Å². The largest absolute Gasteiger partial charge is 1.00 e. The molecule has 0 aliphatic rings. The third kappa shape index (κ3) is 13.6. The van der Waals surface area contributed by atoms with Crippen LogP contribution >= 0.6 is 0 Å². The van der Waals surface area contributed by atoms with Gasteiger partial charge in [0.2, 0.25) is 0 Å². The molecule has 0 spiro atoms. The Bertz CT molecular complexity index is 280. The van der Waals surface area contributed by atoms with Gasteiger partial charge in [0.1, 0.15) is 0 Å². The van der Waals surface area contributed by atoms with E-state index in [-0.39, 0.29) is 36.2 Å². The molecule has 0 rings (SSSR count). The fraction of sp³-hybridized carbons (Fsp3) is 1.00. The molecule has 19 heavy (non-hydrogen) atoms. The van der Waals surface area contributed by atoms with E-state index in [0.717, 1.165) is 51.4 Å². The standard InChI is InChI=1S/C13H28O4S.Na/c1-2-3-7-10-13(18(15,16)17)11-8-5-4-6-9-12-14;/h13-14H,2-12H2,1H3,(H,15,16,17);/q;+1/p-1. The van der Waals surface area contributed by atoms with Crippen LogP contribution in [-0.4, -0.2) is 29.9 Å². The molecule has 0 aliphatic carbocycles. The van der Waals surface area contributed by atoms with Crippen molar-refractivity contribution in [3.63, 3.8) is 0 Å². The number of hydrogen-bond donors (Lipinski definition) is 1. The molecule has 1 N–H and O–H groups in total. The van der Waals surface area contributed by atoms with Crippen molar-refractivity contribution in [2.24, 2.45) is 0 Å². The molecule has 4 nitrogen and oxygen atoms in total. The van der Waals surface area contributed by atoms with Crippen molar-refractivity contribution < 1.29 is 47.6 Å². The van der Waals surface area contributed by atoms with Crippen molar-refractivity contribution in [2.45, 2.75) is 76.4 Å². The van der Waals surface area contributed by atoms with E-state index >= 15 is 0 Å². The van der Waals surface area contributed by atoms with Crippen LogP contribution in [0.2, 0.25) is 0 Å². The summed E-state index contributed by atoms with van der Waals surface area (Å²) < 4.78 is 33.3. The second kappa shape index (κ2) is 13.8. The molecule has 0 radical (unpaired) electrons. The van der Waals surface area contributed by atoms with Gasteiger partial charge in [-0.2, -0.15) is 0 Å². The van der Waals surface area contributed by atoms with Crippen LogP contribution in [0, 0.1) is 0 Å². The molecule has 1 atom stereocenters. The first-order chi connectivity index (χ1) is 8.52. The van der Waals surface area contributed by atoms with E-state index in [1.54, 1.807) is 0 Å². The summed E-state index contributed by atoms with van der Waals surface area (Å²) in [5.74, 6) is 0. The molecule has 0 amide bonds. The average Bonchev–Trinajstić information content (AvgIpc) is 2.30. The topological polar surface area (TPSA) is 77.4 Å². The Morgan fingerprint density at radius 1 is 0.947 bits per heavy atom. The Balaban J connectivity index is 0. The molecule has 0 aromatic rings. The molecule has 0 fully saturated rings. The maximum atomic E-state index is 11.1. The summed E-state index contributed by atoms with van der Waals surface area (Å²) >= 11 is 0. The molecule has 1 unspecified atom stereocenters. The SMILES string of the molecule is CCCCCC(CCCCCCCO)S(=O)(=O)[O-].[Na+]. The smallest absolute Gasteiger partial charge is 0.748 e. The molecule has 6 heteroatoms. The number of hydrogen-bond acceptors (Lipinski definition) is 4. The van der Waals surface area contributed by atoms with Crippen LogP contribution in [0.1, 0.15) is 71.1 Å². The zero-order valence-corrected chi connectivity index (χ0v) is 15.3. The summed E-state index contributed by atoms with van der Waals surface area (Å²) in [5.41, 5.74) is 0. The summed E-state index contributed by atoms with van der Waals surface area (Å²) in [7, 11) is -4.13. The van der Waals surface area contributed by atoms with E-state index in [9.17, 15) is 13.0 Å². The predicted octanol–water partition coefficient (Wildman–Crippen LogP) is -0.183. The van der Waals surface area contributed by atoms with Crippen molar-refractivity contribution in [3.05, 3.63) is 0 Å². The predicted molar refractivity (Wildman–Crippen MR) is 72.4 cm³/mol. The van der Waals surface area contributed by atoms with Crippen LogP contribution in [0.4, 0.5) is 0 Å². The monoisotopic (exact) mass is 302 g/mol. The van der Waals surface area contributed by atoms with Crippen LogP contribution in [-0.2, 0) is 10.1 Å². The first-order valence-electron chi connectivity index (χ1n) is 7.08. The van der Waals surface area contributed by atoms with E-state index in [0.29, 0.717) is 12.8 Å². The van der Waals surface area contributed by atoms with Gasteiger partial charge >= 0.3 is 29.6 Å². The normalized spacial score (nSPS) is 13.0. The Morgan fingerprint density at radius 3 is 1.89 bits per heavy atom. The van der Waals surface area contributed by atoms with Gasteiger partial charge < -0.3 is 9.66 Å². The maximum absolute atomic E-state index is 11.1. The van der Waals surface area contributed by atoms with Crippen molar-refractivity contribution >= 4 is 10.1 Å². The van der Waals surface area contributed by atoms with Gasteiger partial charge in [-0.05, 0) is 19.3 Å². The van der Waals surface area contributed by atoms with Crippen LogP contribution in [0.3, 0.4) is 0 Å². The molecule has 0 aliphatic heterocycles. The van der Waals surface area contributed by atoms with Gasteiger partial charge in [0.25, 0.3) is 0 Å². The molecule has 0 bridgehead atoms. The van der Waals surface area contributed by atoms with Gasteiger partial charge in [0.05, 0.1) is 10.1 Å². The molecular weight excluding hydrogens is 275 g/mol. The summed E-state index contributed by atoms with van der Waals surface area (Å²) in [5, 5.41) is 7.92. The second-order valence-corrected chi connectivity index (χ2v) is 6.54. The summed E-state index contributed by atoms with van der Waals surface area (Å²) in [6, 6.07) is 0. The zero-order chi connectivity index (χ0) is 13.9. The Kier molecular flexibility index (Phi) is 16.1. The van der Waals surface area contributed by atoms with Gasteiger partial charge in [-0.3, -0.25) is 0 Å². The molecule has 0 heterocycles. The molecule has 0 aromatic carbocycles. The number of unbranched alkanes of at least 4 members (excludes halogenated alkanes) is 6. The Labute approximate surface area is 140 Å². The summed E-state index contributed by atoms with van der Waals surface area (Å²) in [6.45, 7) is 2.27. The molecule has 0 aromatic heterocycles. The van der Waals surface area contributed by atoms with Crippen LogP contribution in [0.15, 0.2) is 0 Å². The Hall–Kier alpha value is 0.870. The van der Waals surface area contributed by atoms with E-state index in [2.05, 4.69) is 6.92 Å². The van der Waals surface area contributed by atoms with E-state index in [1.807, 2.05) is 0 Å². The first kappa shape index (κ1) is 22.2. The summed E-state index contributed by atoms with van der Waals surface area (Å²) in [6.07, 6.45) is 8.37. The molecule has 0 saturated carbocycles. The Morgan fingerprint density at radius 2 is 1.42 bits per heavy atom. The van der Waals surface area contributed by atoms with E-state index in [4.69, 9.17) is 5.11 Å². The first-order valence-corrected chi connectivity index (χ1v) is 8.55. The number of rotatable bonds is 12. The van der Waals surface area contributed by atoms with Crippen LogP contribution in [0.25, 0.3) is 0 Å². The van der Waals surface area contributed by atoms with Crippen molar-refractivity contribution in [1.82, 2.24) is 0 Å². The second-order valence-electron chi connectivity index (χ2n) is 4.89. The fourth-order valence-electron chi connectivity index (χ4n) is 2.07. The number of aliphatic hydroxyl groups excluding tert-OH is 1. The van der Waals surface area contributed by atoms with Crippen LogP contribution in [0.5, 0.6) is 0 Å². The van der Waals surface area contributed by atoms with E-state index in [1.165, 1.54) is 0 Å². The fourth-order valence-corrected chi connectivity index (χ4v) is 2.98.